The van der Waals surface area contributed by atoms with E-state index in [9.17, 15) is 45.3 Å². The van der Waals surface area contributed by atoms with E-state index in [0.29, 0.717) is 12.8 Å². The van der Waals surface area contributed by atoms with Crippen molar-refractivity contribution in [1.82, 2.24) is 0 Å². The van der Waals surface area contributed by atoms with Crippen LogP contribution in [0, 0.1) is 0 Å². The fourth-order valence-electron chi connectivity index (χ4n) is 7.36. The lowest BCUT2D eigenvalue weighted by Crippen LogP contribution is -2.61. The van der Waals surface area contributed by atoms with Crippen molar-refractivity contribution in [2.45, 2.75) is 217 Å². The SMILES string of the molecule is CCC=CCC=CCC=CCCCCCCCC(=O)OCC(COC1OC(COC2OC(CO)C(O)C(O)C2O)C(O)C(O)C1O)OC(=O)CCCCCCCC=CCC(C)=CCC=CCC. The van der Waals surface area contributed by atoms with Crippen molar-refractivity contribution in [2.24, 2.45) is 0 Å². The number of aliphatic hydroxyl groups excluding tert-OH is 7. The van der Waals surface area contributed by atoms with Gasteiger partial charge >= 0.3 is 11.9 Å². The van der Waals surface area contributed by atoms with Crippen LogP contribution in [-0.4, -0.2) is 142 Å². The van der Waals surface area contributed by atoms with E-state index in [0.717, 1.165) is 103 Å². The monoisotopic (exact) mass is 951 g/mol. The molecule has 11 unspecified atom stereocenters. The van der Waals surface area contributed by atoms with Gasteiger partial charge in [-0.3, -0.25) is 9.59 Å². The van der Waals surface area contributed by atoms with E-state index in [1.807, 2.05) is 0 Å². The topological polar surface area (TPSA) is 231 Å². The van der Waals surface area contributed by atoms with Gasteiger partial charge in [0.1, 0.15) is 55.4 Å². The number of unbranched alkanes of at least 4 members (excludes halogenated alkanes) is 10. The first-order chi connectivity index (χ1) is 32.4. The molecule has 2 rings (SSSR count). The van der Waals surface area contributed by atoms with Crippen LogP contribution < -0.4 is 0 Å². The van der Waals surface area contributed by atoms with Crippen molar-refractivity contribution in [1.29, 1.82) is 0 Å². The van der Waals surface area contributed by atoms with Crippen LogP contribution in [0.25, 0.3) is 0 Å². The maximum atomic E-state index is 13.0. The third-order valence-corrected chi connectivity index (χ3v) is 11.5. The number of hydrogen-bond acceptors (Lipinski definition) is 15. The molecule has 2 aliphatic heterocycles. The van der Waals surface area contributed by atoms with Crippen LogP contribution in [0.1, 0.15) is 149 Å². The fourth-order valence-corrected chi connectivity index (χ4v) is 7.36. The molecule has 15 nitrogen and oxygen atoms in total. The Hall–Kier alpha value is -3.06. The first-order valence-corrected chi connectivity index (χ1v) is 24.9. The first-order valence-electron chi connectivity index (χ1n) is 24.9. The Labute approximate surface area is 400 Å². The molecule has 67 heavy (non-hydrogen) atoms. The van der Waals surface area contributed by atoms with Crippen LogP contribution in [-0.2, 0) is 38.0 Å². The highest BCUT2D eigenvalue weighted by atomic mass is 16.7. The van der Waals surface area contributed by atoms with Gasteiger partial charge in [-0.25, -0.2) is 0 Å². The number of rotatable bonds is 36. The van der Waals surface area contributed by atoms with E-state index < -0.39 is 99.3 Å². The molecule has 11 atom stereocenters. The highest BCUT2D eigenvalue weighted by Gasteiger charge is 2.47. The van der Waals surface area contributed by atoms with E-state index in [1.54, 1.807) is 0 Å². The molecule has 2 saturated heterocycles. The van der Waals surface area contributed by atoms with Crippen molar-refractivity contribution in [3.05, 3.63) is 72.4 Å². The Morgan fingerprint density at radius 2 is 1.03 bits per heavy atom. The number of carbonyl (C=O) groups is 2. The normalized spacial score (nSPS) is 26.7. The molecule has 0 aromatic heterocycles. The third-order valence-electron chi connectivity index (χ3n) is 11.5. The summed E-state index contributed by atoms with van der Waals surface area (Å²) in [5.74, 6) is -0.972. The Kier molecular flexibility index (Phi) is 33.9. The molecular weight excluding hydrogens is 865 g/mol. The second kappa shape index (κ2) is 37.8. The number of hydrogen-bond donors (Lipinski definition) is 7. The molecule has 2 heterocycles. The molecule has 0 radical (unpaired) electrons. The van der Waals surface area contributed by atoms with Crippen molar-refractivity contribution >= 4 is 11.9 Å². The maximum Gasteiger partial charge on any atom is 0.306 e. The number of esters is 2. The van der Waals surface area contributed by atoms with Gasteiger partial charge in [-0.15, -0.1) is 0 Å². The predicted octanol–water partition coefficient (Wildman–Crippen LogP) is 6.65. The van der Waals surface area contributed by atoms with E-state index in [-0.39, 0.29) is 19.4 Å². The minimum absolute atomic E-state index is 0.137. The first kappa shape index (κ1) is 60.1. The van der Waals surface area contributed by atoms with Gasteiger partial charge in [0.15, 0.2) is 18.7 Å². The summed E-state index contributed by atoms with van der Waals surface area (Å²) in [5.41, 5.74) is 1.35. The maximum absolute atomic E-state index is 13.0. The molecule has 0 bridgehead atoms. The second-order valence-corrected chi connectivity index (χ2v) is 17.4. The van der Waals surface area contributed by atoms with Gasteiger partial charge in [0.05, 0.1) is 19.8 Å². The Bertz CT molecular complexity index is 1470. The van der Waals surface area contributed by atoms with Crippen LogP contribution in [0.3, 0.4) is 0 Å². The van der Waals surface area contributed by atoms with Gasteiger partial charge in [0, 0.05) is 12.8 Å². The summed E-state index contributed by atoms with van der Waals surface area (Å²) in [6, 6.07) is 0. The van der Waals surface area contributed by atoms with Crippen molar-refractivity contribution < 1.29 is 73.8 Å². The zero-order valence-corrected chi connectivity index (χ0v) is 40.6. The lowest BCUT2D eigenvalue weighted by Gasteiger charge is -2.42. The molecule has 15 heteroatoms. The third kappa shape index (κ3) is 26.5. The molecular formula is C52H86O15. The van der Waals surface area contributed by atoms with Crippen LogP contribution >= 0.6 is 0 Å². The fraction of sp³-hybridized carbons (Fsp3) is 0.731. The molecule has 0 saturated carbocycles. The molecule has 0 amide bonds. The molecule has 0 spiro atoms. The largest absolute Gasteiger partial charge is 0.462 e. The molecule has 0 aromatic carbocycles. The molecule has 384 valence electrons. The lowest BCUT2D eigenvalue weighted by molar-refractivity contribution is -0.332. The van der Waals surface area contributed by atoms with Crippen LogP contribution in [0.5, 0.6) is 0 Å². The van der Waals surface area contributed by atoms with Crippen molar-refractivity contribution in [3.8, 4) is 0 Å². The minimum atomic E-state index is -1.77. The van der Waals surface area contributed by atoms with Gasteiger partial charge in [0.25, 0.3) is 0 Å². The summed E-state index contributed by atoms with van der Waals surface area (Å²) in [6.45, 7) is 4.46. The average Bonchev–Trinajstić information content (AvgIpc) is 3.32. The Morgan fingerprint density at radius 3 is 1.64 bits per heavy atom. The smallest absolute Gasteiger partial charge is 0.306 e. The number of aliphatic hydroxyl groups is 7. The van der Waals surface area contributed by atoms with Gasteiger partial charge in [-0.2, -0.15) is 0 Å². The summed E-state index contributed by atoms with van der Waals surface area (Å²) in [5, 5.41) is 72.1. The second-order valence-electron chi connectivity index (χ2n) is 17.4. The average molecular weight is 951 g/mol. The van der Waals surface area contributed by atoms with Gasteiger partial charge in [-0.1, -0.05) is 125 Å². The summed E-state index contributed by atoms with van der Waals surface area (Å²) < 4.78 is 33.5. The summed E-state index contributed by atoms with van der Waals surface area (Å²) >= 11 is 0. The summed E-state index contributed by atoms with van der Waals surface area (Å²) in [7, 11) is 0. The number of allylic oxidation sites excluding steroid dienone is 12. The van der Waals surface area contributed by atoms with E-state index >= 15 is 0 Å². The van der Waals surface area contributed by atoms with Crippen LogP contribution in [0.15, 0.2) is 72.4 Å². The van der Waals surface area contributed by atoms with Crippen LogP contribution in [0.4, 0.5) is 0 Å². The van der Waals surface area contributed by atoms with Crippen molar-refractivity contribution in [2.75, 3.05) is 26.4 Å². The lowest BCUT2D eigenvalue weighted by atomic mass is 9.98. The zero-order chi connectivity index (χ0) is 49.1. The number of ether oxygens (including phenoxy) is 6. The standard InChI is InChI=1S/C52H86O15/c1-4-6-8-10-11-12-13-14-15-16-17-18-22-25-29-33-43(54)62-36-40(65-44(55)34-30-26-23-20-19-21-24-28-32-39(3)31-27-9-7-5-2)37-63-51-50(61)48(59)46(57)42(67-51)38-64-52-49(60)47(58)45(56)41(35-53)66-52/h6-9,11-12,14-15,24,28,31,40-42,45-53,56-61H,4-5,10,13,16-23,25-27,29-30,32-38H2,1-3H3. The predicted molar refractivity (Wildman–Crippen MR) is 256 cm³/mol. The zero-order valence-electron chi connectivity index (χ0n) is 40.6. The molecule has 2 fully saturated rings. The van der Waals surface area contributed by atoms with E-state index in [4.69, 9.17) is 28.4 Å². The Balaban J connectivity index is 1.85. The van der Waals surface area contributed by atoms with E-state index in [2.05, 4.69) is 87.6 Å². The Morgan fingerprint density at radius 1 is 0.537 bits per heavy atom. The van der Waals surface area contributed by atoms with E-state index in [1.165, 1.54) is 5.57 Å². The van der Waals surface area contributed by atoms with Gasteiger partial charge < -0.3 is 64.2 Å². The summed E-state index contributed by atoms with van der Waals surface area (Å²) in [4.78, 5) is 25.8. The molecule has 2 aliphatic rings. The van der Waals surface area contributed by atoms with Crippen LogP contribution in [0.2, 0.25) is 0 Å². The quantitative estimate of drug-likeness (QED) is 0.0198. The highest BCUT2D eigenvalue weighted by Crippen LogP contribution is 2.26. The summed E-state index contributed by atoms with van der Waals surface area (Å²) in [6.07, 6.45) is 24.5. The molecule has 0 aliphatic carbocycles. The van der Waals surface area contributed by atoms with Gasteiger partial charge in [0.2, 0.25) is 0 Å². The van der Waals surface area contributed by atoms with Crippen molar-refractivity contribution in [3.63, 3.8) is 0 Å². The molecule has 7 N–H and O–H groups in total. The van der Waals surface area contributed by atoms with Gasteiger partial charge in [-0.05, 0) is 84.0 Å². The number of carbonyl (C=O) groups excluding carboxylic acids is 2. The molecule has 0 aromatic rings. The highest BCUT2D eigenvalue weighted by molar-refractivity contribution is 5.70. The minimum Gasteiger partial charge on any atom is -0.462 e.